The normalized spacial score (nSPS) is 15.3. The smallest absolute Gasteiger partial charge is 0.408 e. The van der Waals surface area contributed by atoms with Crippen molar-refractivity contribution in [3.8, 4) is 11.8 Å². The van der Waals surface area contributed by atoms with Crippen molar-refractivity contribution >= 4 is 11.9 Å². The van der Waals surface area contributed by atoms with Crippen LogP contribution in [0.25, 0.3) is 0 Å². The van der Waals surface area contributed by atoms with Gasteiger partial charge in [0.1, 0.15) is 17.2 Å². The molecule has 0 aliphatic heterocycles. The van der Waals surface area contributed by atoms with E-state index in [9.17, 15) is 4.79 Å². The third-order valence-corrected chi connectivity index (χ3v) is 4.79. The Kier molecular flexibility index (Phi) is 9.08. The van der Waals surface area contributed by atoms with Gasteiger partial charge in [0, 0.05) is 26.0 Å². The van der Waals surface area contributed by atoms with Crippen molar-refractivity contribution in [1.29, 1.82) is 0 Å². The van der Waals surface area contributed by atoms with Gasteiger partial charge >= 0.3 is 6.09 Å². The highest BCUT2D eigenvalue weighted by Gasteiger charge is 2.36. The van der Waals surface area contributed by atoms with Crippen LogP contribution in [0.5, 0.6) is 0 Å². The molecular formula is C23H36N4O4. The highest BCUT2D eigenvalue weighted by molar-refractivity contribution is 5.69. The summed E-state index contributed by atoms with van der Waals surface area (Å²) in [6.07, 6.45) is 4.55. The van der Waals surface area contributed by atoms with Gasteiger partial charge in [-0.2, -0.15) is 0 Å². The summed E-state index contributed by atoms with van der Waals surface area (Å²) in [7, 11) is 0. The fourth-order valence-electron chi connectivity index (χ4n) is 3.44. The second-order valence-electron chi connectivity index (χ2n) is 8.66. The summed E-state index contributed by atoms with van der Waals surface area (Å²) in [4.78, 5) is 21.2. The van der Waals surface area contributed by atoms with Crippen molar-refractivity contribution in [1.82, 2.24) is 15.3 Å². The lowest BCUT2D eigenvalue weighted by atomic mass is 9.97. The van der Waals surface area contributed by atoms with Crippen molar-refractivity contribution in [3.05, 3.63) is 17.6 Å². The Morgan fingerprint density at radius 2 is 1.87 bits per heavy atom. The first-order valence-corrected chi connectivity index (χ1v) is 11.0. The maximum absolute atomic E-state index is 12.4. The molecule has 0 bridgehead atoms. The SMILES string of the molecule is CCOC(C#Cc1cnc(C)nc1NCC1(NC(=O)OC(C)(C)C)CCCC1)OCC. The molecular weight excluding hydrogens is 396 g/mol. The minimum absolute atomic E-state index is 0.384. The number of aromatic nitrogens is 2. The molecule has 1 saturated carbocycles. The molecule has 31 heavy (non-hydrogen) atoms. The molecule has 0 spiro atoms. The van der Waals surface area contributed by atoms with Gasteiger partial charge in [-0.25, -0.2) is 14.8 Å². The van der Waals surface area contributed by atoms with Crippen molar-refractivity contribution in [3.63, 3.8) is 0 Å². The highest BCUT2D eigenvalue weighted by Crippen LogP contribution is 2.30. The van der Waals surface area contributed by atoms with Gasteiger partial charge in [0.2, 0.25) is 6.29 Å². The van der Waals surface area contributed by atoms with Gasteiger partial charge < -0.3 is 24.8 Å². The fourth-order valence-corrected chi connectivity index (χ4v) is 3.44. The van der Waals surface area contributed by atoms with E-state index in [0.717, 1.165) is 25.7 Å². The number of hydrogen-bond acceptors (Lipinski definition) is 7. The molecule has 1 aromatic heterocycles. The van der Waals surface area contributed by atoms with Crippen molar-refractivity contribution < 1.29 is 19.0 Å². The Hall–Kier alpha value is -2.37. The van der Waals surface area contributed by atoms with E-state index in [-0.39, 0.29) is 5.54 Å². The molecule has 0 radical (unpaired) electrons. The van der Waals surface area contributed by atoms with Crippen LogP contribution in [0.15, 0.2) is 6.20 Å². The zero-order valence-corrected chi connectivity index (χ0v) is 19.6. The molecule has 0 aromatic carbocycles. The molecule has 1 aliphatic carbocycles. The lowest BCUT2D eigenvalue weighted by Gasteiger charge is -2.32. The van der Waals surface area contributed by atoms with Gasteiger partial charge in [0.15, 0.2) is 0 Å². The number of amides is 1. The number of anilines is 1. The molecule has 8 heteroatoms. The summed E-state index contributed by atoms with van der Waals surface area (Å²) in [6, 6.07) is 0. The summed E-state index contributed by atoms with van der Waals surface area (Å²) in [5.41, 5.74) is -0.271. The maximum Gasteiger partial charge on any atom is 0.408 e. The molecule has 8 nitrogen and oxygen atoms in total. The lowest BCUT2D eigenvalue weighted by Crippen LogP contribution is -2.52. The van der Waals surface area contributed by atoms with Crippen LogP contribution in [0.2, 0.25) is 0 Å². The molecule has 1 aromatic rings. The van der Waals surface area contributed by atoms with Gasteiger partial charge in [0.25, 0.3) is 0 Å². The van der Waals surface area contributed by atoms with Gasteiger partial charge in [0.05, 0.1) is 11.1 Å². The third-order valence-electron chi connectivity index (χ3n) is 4.79. The van der Waals surface area contributed by atoms with Crippen LogP contribution in [-0.2, 0) is 14.2 Å². The molecule has 1 amide bonds. The minimum Gasteiger partial charge on any atom is -0.444 e. The van der Waals surface area contributed by atoms with Crippen molar-refractivity contribution in [2.24, 2.45) is 0 Å². The number of hydrogen-bond donors (Lipinski definition) is 2. The molecule has 1 aliphatic rings. The molecule has 0 atom stereocenters. The predicted molar refractivity (Wildman–Crippen MR) is 120 cm³/mol. The van der Waals surface area contributed by atoms with E-state index >= 15 is 0 Å². The molecule has 2 N–H and O–H groups in total. The van der Waals surface area contributed by atoms with Gasteiger partial charge in [-0.05, 0) is 60.3 Å². The maximum atomic E-state index is 12.4. The summed E-state index contributed by atoms with van der Waals surface area (Å²) < 4.78 is 16.5. The van der Waals surface area contributed by atoms with E-state index in [0.29, 0.717) is 37.0 Å². The first-order chi connectivity index (χ1) is 14.7. The monoisotopic (exact) mass is 432 g/mol. The zero-order valence-electron chi connectivity index (χ0n) is 19.6. The van der Waals surface area contributed by atoms with E-state index in [1.165, 1.54) is 0 Å². The van der Waals surface area contributed by atoms with Gasteiger partial charge in [-0.15, -0.1) is 0 Å². The van der Waals surface area contributed by atoms with E-state index < -0.39 is 18.0 Å². The Bertz CT molecular complexity index is 783. The molecule has 0 unspecified atom stereocenters. The molecule has 1 fully saturated rings. The second kappa shape index (κ2) is 11.3. The Balaban J connectivity index is 2.15. The second-order valence-corrected chi connectivity index (χ2v) is 8.66. The largest absolute Gasteiger partial charge is 0.444 e. The highest BCUT2D eigenvalue weighted by atomic mass is 16.7. The van der Waals surface area contributed by atoms with Crippen LogP contribution < -0.4 is 10.6 Å². The predicted octanol–water partition coefficient (Wildman–Crippen LogP) is 3.79. The van der Waals surface area contributed by atoms with Gasteiger partial charge in [-0.3, -0.25) is 0 Å². The van der Waals surface area contributed by atoms with E-state index in [1.807, 2.05) is 41.5 Å². The molecule has 172 valence electrons. The Morgan fingerprint density at radius 3 is 2.45 bits per heavy atom. The Labute approximate surface area is 185 Å². The van der Waals surface area contributed by atoms with Crippen LogP contribution in [0, 0.1) is 18.8 Å². The fraction of sp³-hybridized carbons (Fsp3) is 0.696. The van der Waals surface area contributed by atoms with Crippen LogP contribution in [0.1, 0.15) is 71.7 Å². The van der Waals surface area contributed by atoms with Crippen LogP contribution in [-0.4, -0.2) is 53.2 Å². The number of alkyl carbamates (subject to hydrolysis) is 1. The topological polar surface area (TPSA) is 94.6 Å². The van der Waals surface area contributed by atoms with Crippen LogP contribution >= 0.6 is 0 Å². The summed E-state index contributed by atoms with van der Waals surface area (Å²) in [5, 5.41) is 6.48. The average molecular weight is 433 g/mol. The van der Waals surface area contributed by atoms with E-state index in [4.69, 9.17) is 14.2 Å². The first-order valence-electron chi connectivity index (χ1n) is 11.0. The van der Waals surface area contributed by atoms with E-state index in [2.05, 4.69) is 32.4 Å². The Morgan fingerprint density at radius 1 is 1.23 bits per heavy atom. The standard InChI is InChI=1S/C23H36N4O4/c1-7-29-19(30-8-2)12-11-18-15-24-17(3)26-20(18)25-16-23(13-9-10-14-23)27-21(28)31-22(4,5)6/h15,19H,7-10,13-14,16H2,1-6H3,(H,27,28)(H,24,25,26). The summed E-state index contributed by atoms with van der Waals surface area (Å²) >= 11 is 0. The lowest BCUT2D eigenvalue weighted by molar-refractivity contribution is -0.0969. The number of nitrogens with one attached hydrogen (secondary N) is 2. The van der Waals surface area contributed by atoms with Gasteiger partial charge in [-0.1, -0.05) is 18.8 Å². The third kappa shape index (κ3) is 8.35. The minimum atomic E-state index is -0.598. The molecule has 2 rings (SSSR count). The van der Waals surface area contributed by atoms with Crippen molar-refractivity contribution in [2.45, 2.75) is 84.7 Å². The summed E-state index contributed by atoms with van der Waals surface area (Å²) in [5.74, 6) is 7.33. The molecule has 1 heterocycles. The number of carbonyl (C=O) groups excluding carboxylic acids is 1. The number of ether oxygens (including phenoxy) is 3. The van der Waals surface area contributed by atoms with Crippen molar-refractivity contribution in [2.75, 3.05) is 25.1 Å². The zero-order chi connectivity index (χ0) is 22.9. The molecule has 0 saturated heterocycles. The van der Waals surface area contributed by atoms with Crippen LogP contribution in [0.4, 0.5) is 10.6 Å². The number of carbonyl (C=O) groups is 1. The number of nitrogens with zero attached hydrogens (tertiary/aromatic N) is 2. The van der Waals surface area contributed by atoms with Crippen LogP contribution in [0.3, 0.4) is 0 Å². The first kappa shape index (κ1) is 24.9. The quantitative estimate of drug-likeness (QED) is 0.477. The number of rotatable bonds is 8. The number of aryl methyl sites for hydroxylation is 1. The average Bonchev–Trinajstić information content (AvgIpc) is 3.12. The van der Waals surface area contributed by atoms with E-state index in [1.54, 1.807) is 6.20 Å². The summed E-state index contributed by atoms with van der Waals surface area (Å²) in [6.45, 7) is 12.7.